The lowest BCUT2D eigenvalue weighted by Gasteiger charge is -2.14. The Bertz CT molecular complexity index is 754. The third-order valence-electron chi connectivity index (χ3n) is 3.10. The van der Waals surface area contributed by atoms with E-state index in [4.69, 9.17) is 17.2 Å². The average Bonchev–Trinajstić information content (AvgIpc) is 2.46. The molecule has 0 atom stereocenters. The molecule has 1 aromatic heterocycles. The Kier molecular flexibility index (Phi) is 2.42. The van der Waals surface area contributed by atoms with Crippen LogP contribution in [0, 0.1) is 0 Å². The van der Waals surface area contributed by atoms with Crippen molar-refractivity contribution in [1.29, 1.82) is 0 Å². The minimum absolute atomic E-state index is 0.368. The van der Waals surface area contributed by atoms with Gasteiger partial charge in [0.15, 0.2) is 0 Å². The van der Waals surface area contributed by atoms with Crippen LogP contribution in [-0.4, -0.2) is 15.4 Å². The monoisotopic (exact) mass is 252 g/mol. The van der Waals surface area contributed by atoms with Gasteiger partial charge in [0.1, 0.15) is 0 Å². The van der Waals surface area contributed by atoms with E-state index < -0.39 is 0 Å². The summed E-state index contributed by atoms with van der Waals surface area (Å²) in [5.41, 5.74) is 20.7. The van der Waals surface area contributed by atoms with Crippen LogP contribution in [-0.2, 0) is 0 Å². The maximum absolute atomic E-state index is 6.09. The van der Waals surface area contributed by atoms with Crippen molar-refractivity contribution in [2.75, 3.05) is 17.2 Å². The summed E-state index contributed by atoms with van der Waals surface area (Å²) in [5, 5.41) is 13.0. The highest BCUT2D eigenvalue weighted by molar-refractivity contribution is 6.13. The molecule has 2 aromatic carbocycles. The van der Waals surface area contributed by atoms with Gasteiger partial charge in [-0.25, -0.2) is 0 Å². The van der Waals surface area contributed by atoms with Crippen LogP contribution in [0.15, 0.2) is 36.5 Å². The van der Waals surface area contributed by atoms with Crippen LogP contribution < -0.4 is 17.2 Å². The first-order valence-corrected chi connectivity index (χ1v) is 5.70. The van der Waals surface area contributed by atoms with Crippen LogP contribution in [0.4, 0.5) is 17.1 Å². The Balaban J connectivity index is 2.48. The van der Waals surface area contributed by atoms with Crippen molar-refractivity contribution in [2.45, 2.75) is 0 Å². The molecule has 19 heavy (non-hydrogen) atoms. The molecule has 0 spiro atoms. The number of benzene rings is 2. The van der Waals surface area contributed by atoms with Crippen LogP contribution >= 0.6 is 0 Å². The summed E-state index contributed by atoms with van der Waals surface area (Å²) in [6.07, 6.45) is 1.56. The summed E-state index contributed by atoms with van der Waals surface area (Å²) in [6.45, 7) is 0. The largest absolute Gasteiger partial charge is 0.396 e. The van der Waals surface area contributed by atoms with E-state index in [2.05, 4.69) is 15.4 Å². The van der Waals surface area contributed by atoms with Gasteiger partial charge in [0.05, 0.1) is 29.0 Å². The zero-order valence-electron chi connectivity index (χ0n) is 10.0. The molecule has 94 valence electrons. The Morgan fingerprint density at radius 2 is 1.53 bits per heavy atom. The van der Waals surface area contributed by atoms with E-state index in [0.29, 0.717) is 22.8 Å². The Hall–Kier alpha value is -2.89. The van der Waals surface area contributed by atoms with Crippen LogP contribution in [0.5, 0.6) is 0 Å². The van der Waals surface area contributed by atoms with Gasteiger partial charge in [0.25, 0.3) is 0 Å². The maximum Gasteiger partial charge on any atom is 0.0991 e. The minimum atomic E-state index is 0.368. The molecule has 0 fully saturated rings. The lowest BCUT2D eigenvalue weighted by atomic mass is 9.97. The molecule has 0 aliphatic carbocycles. The van der Waals surface area contributed by atoms with Gasteiger partial charge in [-0.15, -0.1) is 10.2 Å². The molecular formula is C13H12N6. The Morgan fingerprint density at radius 1 is 0.789 bits per heavy atom. The van der Waals surface area contributed by atoms with Gasteiger partial charge < -0.3 is 17.2 Å². The zero-order chi connectivity index (χ0) is 13.4. The predicted molar refractivity (Wildman–Crippen MR) is 76.0 cm³/mol. The highest BCUT2D eigenvalue weighted by Gasteiger charge is 2.16. The predicted octanol–water partition coefficient (Wildman–Crippen LogP) is 1.44. The third-order valence-corrected chi connectivity index (χ3v) is 3.10. The normalized spacial score (nSPS) is 10.7. The average molecular weight is 252 g/mol. The molecule has 6 nitrogen and oxygen atoms in total. The molecular weight excluding hydrogens is 240 g/mol. The molecule has 0 aliphatic heterocycles. The number of nitrogen functional groups attached to an aromatic ring is 3. The molecule has 0 saturated carbocycles. The maximum atomic E-state index is 6.09. The third kappa shape index (κ3) is 1.61. The molecule has 3 aromatic rings. The molecule has 0 bridgehead atoms. The standard InChI is InChI=1S/C13H12N6/c14-11-8-4-2-1-3-7(8)10(12(15)13(11)16)9-5-6-17-19-18-9/h1-6H,14-16H2. The van der Waals surface area contributed by atoms with Crippen LogP contribution in [0.25, 0.3) is 22.0 Å². The number of hydrogen-bond donors (Lipinski definition) is 3. The molecule has 0 aliphatic rings. The fourth-order valence-corrected chi connectivity index (χ4v) is 2.16. The van der Waals surface area contributed by atoms with E-state index in [0.717, 1.165) is 16.3 Å². The molecule has 3 rings (SSSR count). The number of nitrogens with two attached hydrogens (primary N) is 3. The molecule has 0 amide bonds. The second-order valence-corrected chi connectivity index (χ2v) is 4.17. The summed E-state index contributed by atoms with van der Waals surface area (Å²) in [5.74, 6) is 0. The summed E-state index contributed by atoms with van der Waals surface area (Å²) < 4.78 is 0. The van der Waals surface area contributed by atoms with Gasteiger partial charge in [-0.3, -0.25) is 0 Å². The number of aromatic nitrogens is 3. The van der Waals surface area contributed by atoms with Crippen molar-refractivity contribution < 1.29 is 0 Å². The van der Waals surface area contributed by atoms with E-state index in [9.17, 15) is 0 Å². The van der Waals surface area contributed by atoms with Gasteiger partial charge in [0, 0.05) is 10.9 Å². The molecule has 0 saturated heterocycles. The fourth-order valence-electron chi connectivity index (χ4n) is 2.16. The molecule has 1 heterocycles. The number of nitrogens with zero attached hydrogens (tertiary/aromatic N) is 3. The van der Waals surface area contributed by atoms with Gasteiger partial charge in [-0.05, 0) is 16.7 Å². The van der Waals surface area contributed by atoms with Crippen LogP contribution in [0.3, 0.4) is 0 Å². The lowest BCUT2D eigenvalue weighted by Crippen LogP contribution is -2.04. The smallest absolute Gasteiger partial charge is 0.0991 e. The zero-order valence-corrected chi connectivity index (χ0v) is 10.0. The number of rotatable bonds is 1. The van der Waals surface area contributed by atoms with Crippen molar-refractivity contribution >= 4 is 27.8 Å². The van der Waals surface area contributed by atoms with E-state index >= 15 is 0 Å². The van der Waals surface area contributed by atoms with Crippen LogP contribution in [0.2, 0.25) is 0 Å². The quantitative estimate of drug-likeness (QED) is 0.564. The first kappa shape index (κ1) is 11.2. The van der Waals surface area contributed by atoms with Gasteiger partial charge in [-0.2, -0.15) is 0 Å². The Labute approximate surface area is 109 Å². The summed E-state index contributed by atoms with van der Waals surface area (Å²) >= 11 is 0. The van der Waals surface area contributed by atoms with E-state index in [1.54, 1.807) is 12.3 Å². The van der Waals surface area contributed by atoms with Crippen molar-refractivity contribution in [3.8, 4) is 11.3 Å². The summed E-state index contributed by atoms with van der Waals surface area (Å²) in [6, 6.07) is 9.38. The number of fused-ring (bicyclic) bond motifs is 1. The van der Waals surface area contributed by atoms with Crippen molar-refractivity contribution in [3.63, 3.8) is 0 Å². The van der Waals surface area contributed by atoms with E-state index in [-0.39, 0.29) is 0 Å². The lowest BCUT2D eigenvalue weighted by molar-refractivity contribution is 0.871. The molecule has 6 heteroatoms. The Morgan fingerprint density at radius 3 is 2.21 bits per heavy atom. The highest BCUT2D eigenvalue weighted by Crippen LogP contribution is 2.41. The number of anilines is 3. The van der Waals surface area contributed by atoms with Gasteiger partial charge in [-0.1, -0.05) is 24.3 Å². The first-order valence-electron chi connectivity index (χ1n) is 5.70. The summed E-state index contributed by atoms with van der Waals surface area (Å²) in [7, 11) is 0. The van der Waals surface area contributed by atoms with Crippen molar-refractivity contribution in [3.05, 3.63) is 36.5 Å². The molecule has 0 radical (unpaired) electrons. The SMILES string of the molecule is Nc1c(N)c(-c2ccnnn2)c2ccccc2c1N. The summed E-state index contributed by atoms with van der Waals surface area (Å²) in [4.78, 5) is 0. The first-order chi connectivity index (χ1) is 9.20. The molecule has 0 unspecified atom stereocenters. The fraction of sp³-hybridized carbons (Fsp3) is 0. The second kappa shape index (κ2) is 4.09. The van der Waals surface area contributed by atoms with Gasteiger partial charge in [0.2, 0.25) is 0 Å². The van der Waals surface area contributed by atoms with E-state index in [1.807, 2.05) is 24.3 Å². The van der Waals surface area contributed by atoms with Gasteiger partial charge >= 0.3 is 0 Å². The highest BCUT2D eigenvalue weighted by atomic mass is 15.3. The van der Waals surface area contributed by atoms with Crippen molar-refractivity contribution in [1.82, 2.24) is 15.4 Å². The van der Waals surface area contributed by atoms with E-state index in [1.165, 1.54) is 0 Å². The van der Waals surface area contributed by atoms with Crippen molar-refractivity contribution in [2.24, 2.45) is 0 Å². The van der Waals surface area contributed by atoms with Crippen LogP contribution in [0.1, 0.15) is 0 Å². The topological polar surface area (TPSA) is 117 Å². The number of hydrogen-bond acceptors (Lipinski definition) is 6. The molecule has 6 N–H and O–H groups in total. The minimum Gasteiger partial charge on any atom is -0.396 e. The second-order valence-electron chi connectivity index (χ2n) is 4.17.